The topological polar surface area (TPSA) is 57.5 Å². The summed E-state index contributed by atoms with van der Waals surface area (Å²) in [7, 11) is 1.84. The van der Waals surface area contributed by atoms with Gasteiger partial charge in [0.15, 0.2) is 5.96 Å². The van der Waals surface area contributed by atoms with Crippen LogP contribution in [0, 0.1) is 6.92 Å². The molecule has 1 aromatic carbocycles. The summed E-state index contributed by atoms with van der Waals surface area (Å²) >= 11 is 0. The first kappa shape index (κ1) is 22.2. The molecule has 2 rings (SSSR count). The minimum Gasteiger partial charge on any atom is -0.356 e. The predicted octanol–water partition coefficient (Wildman–Crippen LogP) is 3.41. The summed E-state index contributed by atoms with van der Waals surface area (Å²) in [6, 6.07) is 8.75. The zero-order valence-corrected chi connectivity index (χ0v) is 18.3. The van der Waals surface area contributed by atoms with E-state index < -0.39 is 0 Å². The third kappa shape index (κ3) is 6.51. The van der Waals surface area contributed by atoms with Crippen molar-refractivity contribution in [2.45, 2.75) is 59.5 Å². The Balaban J connectivity index is 1.71. The highest BCUT2D eigenvalue weighted by atomic mass is 15.2. The monoisotopic (exact) mass is 386 g/mol. The van der Waals surface area contributed by atoms with Gasteiger partial charge in [-0.2, -0.15) is 0 Å². The normalized spacial score (nSPS) is 13.3. The summed E-state index contributed by atoms with van der Waals surface area (Å²) in [5.74, 6) is 1.97. The molecule has 2 aromatic rings. The van der Waals surface area contributed by atoms with E-state index in [2.05, 4.69) is 76.0 Å². The second-order valence-electron chi connectivity index (χ2n) is 7.37. The Kier molecular flexibility index (Phi) is 9.28. The number of guanidine groups is 1. The maximum Gasteiger partial charge on any atom is 0.191 e. The van der Waals surface area contributed by atoms with Gasteiger partial charge in [-0.15, -0.1) is 0 Å². The van der Waals surface area contributed by atoms with Crippen molar-refractivity contribution in [1.29, 1.82) is 0 Å². The second-order valence-corrected chi connectivity index (χ2v) is 7.37. The van der Waals surface area contributed by atoms with Crippen molar-refractivity contribution in [2.75, 3.05) is 33.2 Å². The van der Waals surface area contributed by atoms with Gasteiger partial charge in [-0.1, -0.05) is 26.0 Å². The molecule has 0 amide bonds. The van der Waals surface area contributed by atoms with E-state index in [0.29, 0.717) is 6.04 Å². The first-order valence-electron chi connectivity index (χ1n) is 10.7. The summed E-state index contributed by atoms with van der Waals surface area (Å²) in [5, 5.41) is 6.96. The first-order chi connectivity index (χ1) is 13.6. The lowest BCUT2D eigenvalue weighted by molar-refractivity contribution is 0.292. The van der Waals surface area contributed by atoms with E-state index in [1.807, 2.05) is 13.1 Å². The van der Waals surface area contributed by atoms with E-state index in [9.17, 15) is 0 Å². The highest BCUT2D eigenvalue weighted by molar-refractivity contribution is 5.79. The van der Waals surface area contributed by atoms with Crippen molar-refractivity contribution in [3.05, 3.63) is 30.1 Å². The molecule has 1 unspecified atom stereocenters. The van der Waals surface area contributed by atoms with Gasteiger partial charge in [-0.25, -0.2) is 4.98 Å². The zero-order valence-electron chi connectivity index (χ0n) is 18.3. The Morgan fingerprint density at radius 1 is 1.21 bits per heavy atom. The molecule has 0 aliphatic rings. The van der Waals surface area contributed by atoms with E-state index in [1.54, 1.807) is 0 Å². The fraction of sp³-hybridized carbons (Fsp3) is 0.636. The minimum atomic E-state index is 0.418. The van der Waals surface area contributed by atoms with Crippen LogP contribution in [0.5, 0.6) is 0 Å². The van der Waals surface area contributed by atoms with Crippen LogP contribution in [0.3, 0.4) is 0 Å². The van der Waals surface area contributed by atoms with Gasteiger partial charge in [0.25, 0.3) is 0 Å². The number of aliphatic imine (C=N–C) groups is 1. The molecular weight excluding hydrogens is 348 g/mol. The third-order valence-corrected chi connectivity index (χ3v) is 5.31. The number of aryl methyl sites for hydroxylation is 2. The van der Waals surface area contributed by atoms with E-state index in [4.69, 9.17) is 0 Å². The number of nitrogens with one attached hydrogen (secondary N) is 2. The van der Waals surface area contributed by atoms with Crippen LogP contribution < -0.4 is 10.6 Å². The van der Waals surface area contributed by atoms with E-state index in [1.165, 1.54) is 18.5 Å². The van der Waals surface area contributed by atoms with Crippen LogP contribution in [0.25, 0.3) is 11.0 Å². The molecule has 28 heavy (non-hydrogen) atoms. The molecule has 0 aliphatic heterocycles. The third-order valence-electron chi connectivity index (χ3n) is 5.31. The number of fused-ring (bicyclic) bond motifs is 1. The molecule has 0 aliphatic carbocycles. The number of benzene rings is 1. The van der Waals surface area contributed by atoms with E-state index >= 15 is 0 Å². The summed E-state index contributed by atoms with van der Waals surface area (Å²) in [6.45, 7) is 14.0. The SMILES string of the molecule is CCN(CC)CCCC(C)NC(=NC)NCCCn1c(C)nc2ccccc21. The van der Waals surface area contributed by atoms with Gasteiger partial charge in [-0.05, 0) is 64.9 Å². The van der Waals surface area contributed by atoms with Crippen molar-refractivity contribution < 1.29 is 0 Å². The van der Waals surface area contributed by atoms with Gasteiger partial charge in [0.2, 0.25) is 0 Å². The lowest BCUT2D eigenvalue weighted by Gasteiger charge is -2.21. The number of rotatable bonds is 11. The Hall–Kier alpha value is -2.08. The van der Waals surface area contributed by atoms with Crippen LogP contribution >= 0.6 is 0 Å². The maximum absolute atomic E-state index is 4.64. The lowest BCUT2D eigenvalue weighted by Crippen LogP contribution is -2.43. The van der Waals surface area contributed by atoms with Crippen LogP contribution in [-0.2, 0) is 6.54 Å². The van der Waals surface area contributed by atoms with Crippen molar-refractivity contribution >= 4 is 17.0 Å². The number of nitrogens with zero attached hydrogens (tertiary/aromatic N) is 4. The Morgan fingerprint density at radius 2 is 1.96 bits per heavy atom. The number of aromatic nitrogens is 2. The molecule has 0 spiro atoms. The minimum absolute atomic E-state index is 0.418. The molecule has 1 aromatic heterocycles. The zero-order chi connectivity index (χ0) is 20.4. The average Bonchev–Trinajstić information content (AvgIpc) is 3.02. The molecule has 0 radical (unpaired) electrons. The fourth-order valence-corrected chi connectivity index (χ4v) is 3.58. The first-order valence-corrected chi connectivity index (χ1v) is 10.7. The molecule has 0 saturated heterocycles. The predicted molar refractivity (Wildman–Crippen MR) is 120 cm³/mol. The molecule has 0 saturated carbocycles. The van der Waals surface area contributed by atoms with Crippen LogP contribution in [0.15, 0.2) is 29.3 Å². The Bertz CT molecular complexity index is 732. The smallest absolute Gasteiger partial charge is 0.191 e. The standard InChI is InChI=1S/C22H38N6/c1-6-27(7-2)16-10-12-18(3)25-22(23-5)24-15-11-17-28-19(4)26-20-13-8-9-14-21(20)28/h8-9,13-14,18H,6-7,10-12,15-17H2,1-5H3,(H2,23,24,25). The molecule has 6 nitrogen and oxygen atoms in total. The molecule has 6 heteroatoms. The van der Waals surface area contributed by atoms with Crippen molar-refractivity contribution in [1.82, 2.24) is 25.1 Å². The fourth-order valence-electron chi connectivity index (χ4n) is 3.58. The summed E-state index contributed by atoms with van der Waals surface area (Å²) in [6.07, 6.45) is 3.38. The lowest BCUT2D eigenvalue weighted by atomic mass is 10.2. The largest absolute Gasteiger partial charge is 0.356 e. The van der Waals surface area contributed by atoms with Gasteiger partial charge in [0.1, 0.15) is 5.82 Å². The Morgan fingerprint density at radius 3 is 2.68 bits per heavy atom. The highest BCUT2D eigenvalue weighted by Gasteiger charge is 2.08. The van der Waals surface area contributed by atoms with Crippen LogP contribution in [-0.4, -0.2) is 59.7 Å². The summed E-state index contributed by atoms with van der Waals surface area (Å²) in [5.41, 5.74) is 2.29. The summed E-state index contributed by atoms with van der Waals surface area (Å²) < 4.78 is 2.29. The van der Waals surface area contributed by atoms with Gasteiger partial charge in [-0.3, -0.25) is 4.99 Å². The molecule has 0 fully saturated rings. The van der Waals surface area contributed by atoms with Crippen LogP contribution in [0.4, 0.5) is 0 Å². The van der Waals surface area contributed by atoms with E-state index in [0.717, 1.165) is 56.3 Å². The number of para-hydroxylation sites is 2. The van der Waals surface area contributed by atoms with Gasteiger partial charge < -0.3 is 20.1 Å². The number of hydrogen-bond donors (Lipinski definition) is 2. The quantitative estimate of drug-likeness (QED) is 0.353. The second kappa shape index (κ2) is 11.7. The maximum atomic E-state index is 4.64. The average molecular weight is 387 g/mol. The van der Waals surface area contributed by atoms with Crippen LogP contribution in [0.2, 0.25) is 0 Å². The van der Waals surface area contributed by atoms with E-state index in [-0.39, 0.29) is 0 Å². The highest BCUT2D eigenvalue weighted by Crippen LogP contribution is 2.15. The van der Waals surface area contributed by atoms with Gasteiger partial charge in [0.05, 0.1) is 11.0 Å². The molecule has 1 heterocycles. The van der Waals surface area contributed by atoms with Crippen molar-refractivity contribution in [3.63, 3.8) is 0 Å². The molecular formula is C22H38N6. The molecule has 2 N–H and O–H groups in total. The van der Waals surface area contributed by atoms with Crippen LogP contribution in [0.1, 0.15) is 45.9 Å². The summed E-state index contributed by atoms with van der Waals surface area (Å²) in [4.78, 5) is 11.5. The number of hydrogen-bond acceptors (Lipinski definition) is 3. The molecule has 156 valence electrons. The van der Waals surface area contributed by atoms with Gasteiger partial charge >= 0.3 is 0 Å². The van der Waals surface area contributed by atoms with Crippen molar-refractivity contribution in [2.24, 2.45) is 4.99 Å². The molecule has 0 bridgehead atoms. The number of imidazole rings is 1. The molecule has 1 atom stereocenters. The van der Waals surface area contributed by atoms with Crippen molar-refractivity contribution in [3.8, 4) is 0 Å². The van der Waals surface area contributed by atoms with Gasteiger partial charge in [0, 0.05) is 26.2 Å². The Labute approximate surface area is 170 Å².